The number of thiophene rings is 1. The summed E-state index contributed by atoms with van der Waals surface area (Å²) in [7, 11) is -2.41. The predicted molar refractivity (Wildman–Crippen MR) is 246 cm³/mol. The first-order chi connectivity index (χ1) is 28.2. The zero-order valence-corrected chi connectivity index (χ0v) is 37.6. The fourth-order valence-corrected chi connectivity index (χ4v) is 15.8. The molecule has 1 aliphatic heterocycles. The molecule has 59 heavy (non-hydrogen) atoms. The number of hydrogen-bond donors (Lipinski definition) is 1. The van der Waals surface area contributed by atoms with Crippen molar-refractivity contribution < 1.29 is 28.7 Å². The van der Waals surface area contributed by atoms with Crippen molar-refractivity contribution in [2.24, 2.45) is 17.8 Å². The Balaban J connectivity index is 1.48. The Hall–Kier alpha value is -4.37. The van der Waals surface area contributed by atoms with E-state index in [0.29, 0.717) is 19.3 Å². The molecule has 2 fully saturated rings. The number of nitrogens with zero attached hydrogens (tertiary/aromatic N) is 1. The number of likely N-dealkylation sites (tertiary alicyclic amines) is 1. The molecule has 1 N–H and O–H groups in total. The van der Waals surface area contributed by atoms with E-state index in [2.05, 4.69) is 40.4 Å². The van der Waals surface area contributed by atoms with Crippen LogP contribution < -0.4 is 15.9 Å². The molecular formula is C49H56NO6PSSi. The maximum Gasteiger partial charge on any atom is 0.356 e. The van der Waals surface area contributed by atoms with E-state index in [9.17, 15) is 5.11 Å². The molecule has 4 aromatic carbocycles. The molecule has 308 valence electrons. The minimum atomic E-state index is -3.23. The molecule has 1 saturated heterocycles. The van der Waals surface area contributed by atoms with Gasteiger partial charge < -0.3 is 19.2 Å². The van der Waals surface area contributed by atoms with Crippen LogP contribution >= 0.6 is 18.2 Å². The van der Waals surface area contributed by atoms with Gasteiger partial charge in [0.1, 0.15) is 17.8 Å². The van der Waals surface area contributed by atoms with Crippen LogP contribution in [0.25, 0.3) is 10.1 Å². The summed E-state index contributed by atoms with van der Waals surface area (Å²) in [5, 5.41) is 17.5. The van der Waals surface area contributed by atoms with E-state index in [1.165, 1.54) is 6.08 Å². The van der Waals surface area contributed by atoms with Crippen LogP contribution in [0.3, 0.4) is 0 Å². The van der Waals surface area contributed by atoms with Gasteiger partial charge in [0.2, 0.25) is 5.91 Å². The molecule has 0 bridgehead atoms. The van der Waals surface area contributed by atoms with Gasteiger partial charge in [-0.3, -0.25) is 9.59 Å². The number of aliphatic hydroxyl groups excluding tert-OH is 1. The minimum absolute atomic E-state index is 0.0626. The van der Waals surface area contributed by atoms with E-state index >= 15 is 14.4 Å². The summed E-state index contributed by atoms with van der Waals surface area (Å²) in [6.45, 7) is 13.3. The van der Waals surface area contributed by atoms with Crippen LogP contribution in [-0.2, 0) is 23.5 Å². The van der Waals surface area contributed by atoms with E-state index in [0.717, 1.165) is 31.6 Å². The number of β-lactam (4-membered cyclic amide) rings is 1. The molecule has 1 aromatic heterocycles. The van der Waals surface area contributed by atoms with E-state index in [1.807, 2.05) is 128 Å². The zero-order chi connectivity index (χ0) is 42.1. The summed E-state index contributed by atoms with van der Waals surface area (Å²) in [4.78, 5) is 47.6. The molecule has 2 aliphatic rings. The summed E-state index contributed by atoms with van der Waals surface area (Å²) in [5.74, 6) is -3.06. The van der Waals surface area contributed by atoms with Crippen LogP contribution in [0.15, 0.2) is 133 Å². The van der Waals surface area contributed by atoms with E-state index in [4.69, 9.17) is 9.16 Å². The van der Waals surface area contributed by atoms with Crippen LogP contribution in [0.4, 0.5) is 0 Å². The molecule has 7 rings (SSSR count). The van der Waals surface area contributed by atoms with Crippen LogP contribution in [0.1, 0.15) is 58.6 Å². The number of amides is 1. The van der Waals surface area contributed by atoms with Crippen LogP contribution in [0, 0.1) is 17.8 Å². The highest BCUT2D eigenvalue weighted by atomic mass is 32.1. The van der Waals surface area contributed by atoms with Gasteiger partial charge in [-0.1, -0.05) is 149 Å². The smallest absolute Gasteiger partial charge is 0.356 e. The summed E-state index contributed by atoms with van der Waals surface area (Å²) < 4.78 is 14.1. The minimum Gasteiger partial charge on any atom is -0.457 e. The number of rotatable bonds is 13. The summed E-state index contributed by atoms with van der Waals surface area (Å²) >= 11 is 1.56. The van der Waals surface area contributed by atoms with E-state index in [-0.39, 0.29) is 28.8 Å². The van der Waals surface area contributed by atoms with Crippen molar-refractivity contribution in [2.75, 3.05) is 6.61 Å². The molecule has 10 heteroatoms. The van der Waals surface area contributed by atoms with Crippen molar-refractivity contribution >= 4 is 75.6 Å². The third-order valence-electron chi connectivity index (χ3n) is 12.9. The first-order valence-corrected chi connectivity index (χ1v) is 26.2. The number of benzene rings is 4. The molecule has 7 nitrogen and oxygen atoms in total. The van der Waals surface area contributed by atoms with Crippen molar-refractivity contribution in [1.82, 2.24) is 4.90 Å². The van der Waals surface area contributed by atoms with Gasteiger partial charge in [0.25, 0.3) is 0 Å². The van der Waals surface area contributed by atoms with Crippen molar-refractivity contribution in [1.29, 1.82) is 0 Å². The number of aliphatic hydroxyl groups is 1. The highest BCUT2D eigenvalue weighted by molar-refractivity contribution is 7.96. The molecule has 1 saturated carbocycles. The molecule has 1 aliphatic carbocycles. The largest absolute Gasteiger partial charge is 0.457 e. The Morgan fingerprint density at radius 3 is 1.98 bits per heavy atom. The van der Waals surface area contributed by atoms with Crippen LogP contribution in [-0.4, -0.2) is 60.2 Å². The molecule has 2 heterocycles. The van der Waals surface area contributed by atoms with Crippen molar-refractivity contribution in [3.05, 3.63) is 139 Å². The monoisotopic (exact) mass is 845 g/mol. The first-order valence-electron chi connectivity index (χ1n) is 20.6. The van der Waals surface area contributed by atoms with Gasteiger partial charge in [0.05, 0.1) is 24.2 Å². The first kappa shape index (κ1) is 42.7. The normalized spacial score (nSPS) is 21.1. The lowest BCUT2D eigenvalue weighted by Gasteiger charge is -2.56. The number of Topliss-reactive ketones (excluding diaryl/α,β-unsaturated/α-hetero) is 1. The third-order valence-corrected chi connectivity index (χ3v) is 22.7. The van der Waals surface area contributed by atoms with Gasteiger partial charge >= 0.3 is 5.97 Å². The topological polar surface area (TPSA) is 93.1 Å². The number of carbonyl (C=O) groups excluding carboxylic acids is 3. The quantitative estimate of drug-likeness (QED) is 0.0419. The van der Waals surface area contributed by atoms with Gasteiger partial charge in [-0.15, -0.1) is 11.3 Å². The predicted octanol–water partition coefficient (Wildman–Crippen LogP) is 9.01. The maximum atomic E-state index is 15.5. The molecule has 1 amide bonds. The molecular weight excluding hydrogens is 790 g/mol. The van der Waals surface area contributed by atoms with Gasteiger partial charge in [-0.25, -0.2) is 4.79 Å². The Morgan fingerprint density at radius 2 is 1.44 bits per heavy atom. The number of carbonyl (C=O) groups is 3. The van der Waals surface area contributed by atoms with Gasteiger partial charge in [0, 0.05) is 23.4 Å². The van der Waals surface area contributed by atoms with Gasteiger partial charge in [-0.05, 0) is 76.2 Å². The summed E-state index contributed by atoms with van der Waals surface area (Å²) in [5.41, 5.74) is 0.979. The number of hydrogen-bond acceptors (Lipinski definition) is 7. The molecule has 2 unspecified atom stereocenters. The lowest BCUT2D eigenvalue weighted by Crippen LogP contribution is -2.72. The Labute approximate surface area is 354 Å². The Bertz CT molecular complexity index is 2270. The van der Waals surface area contributed by atoms with Crippen molar-refractivity contribution in [2.45, 2.75) is 83.3 Å². The molecule has 5 aromatic rings. The van der Waals surface area contributed by atoms with E-state index in [1.54, 1.807) is 16.2 Å². The van der Waals surface area contributed by atoms with E-state index < -0.39 is 57.2 Å². The molecule has 6 atom stereocenters. The average molecular weight is 846 g/mol. The highest BCUT2D eigenvalue weighted by Crippen LogP contribution is 2.53. The molecule has 0 spiro atoms. The second kappa shape index (κ2) is 17.3. The average Bonchev–Trinajstić information content (AvgIpc) is 3.67. The SMILES string of the molecule is C=CCOC(=O)C(N1C(=O)[C@H]([C@@H](C)O[Si](C)(C)C(C)(C)C)[C@H]1[C@H]1CCCC(C(O)c2csc3ccccc23)C1=O)=P(c1ccccc1)(c1ccccc1)c1ccccc1. The molecule has 0 radical (unpaired) electrons. The lowest BCUT2D eigenvalue weighted by atomic mass is 9.66. The standard InChI is InChI=1S/C49H56NO6PSSi/c1-8-31-55-48(54)47(57(34-21-12-9-13-22-34,35-23-14-10-15-24-35)36-25-16-11-17-26-36)50-43(42(46(50)53)33(2)56-59(6,7)49(3,4)5)38-28-20-29-39(44(38)51)45(52)40-32-58-41-30-19-18-27-37(40)41/h8-19,21-27,30,32-33,38-39,42-43,45,52H,1,20,28-29,31H2,2-7H3/t33-,38-,39?,42-,43-,45?/m1/s1. The van der Waals surface area contributed by atoms with Gasteiger partial charge in [-0.2, -0.15) is 0 Å². The summed E-state index contributed by atoms with van der Waals surface area (Å²) in [6, 6.07) is 37.0. The second-order valence-electron chi connectivity index (χ2n) is 17.4. The third kappa shape index (κ3) is 7.77. The fourth-order valence-electron chi connectivity index (χ4n) is 8.98. The number of esters is 1. The zero-order valence-electron chi connectivity index (χ0n) is 34.9. The summed E-state index contributed by atoms with van der Waals surface area (Å²) in [6.07, 6.45) is 1.67. The lowest BCUT2D eigenvalue weighted by molar-refractivity contribution is -0.164. The Kier molecular flexibility index (Phi) is 12.5. The Morgan fingerprint density at radius 1 is 0.898 bits per heavy atom. The number of ether oxygens (including phenoxy) is 1. The van der Waals surface area contributed by atoms with Crippen molar-refractivity contribution in [3.63, 3.8) is 0 Å². The van der Waals surface area contributed by atoms with Crippen molar-refractivity contribution in [3.8, 4) is 0 Å². The number of fused-ring (bicyclic) bond motifs is 1. The van der Waals surface area contributed by atoms with Crippen LogP contribution in [0.5, 0.6) is 0 Å². The number of ketones is 1. The van der Waals surface area contributed by atoms with Gasteiger partial charge in [0.15, 0.2) is 8.32 Å². The maximum absolute atomic E-state index is 15.5. The van der Waals surface area contributed by atoms with Crippen LogP contribution in [0.2, 0.25) is 18.1 Å². The second-order valence-corrected chi connectivity index (χ2v) is 26.4. The fraction of sp³-hybridized carbons (Fsp3) is 0.347. The highest BCUT2D eigenvalue weighted by Gasteiger charge is 2.61.